The summed E-state index contributed by atoms with van der Waals surface area (Å²) in [5.74, 6) is -1.46. The first-order chi connectivity index (χ1) is 10.3. The summed E-state index contributed by atoms with van der Waals surface area (Å²) in [7, 11) is 7.67. The maximum absolute atomic E-state index is 13.6. The summed E-state index contributed by atoms with van der Waals surface area (Å²) in [6.45, 7) is 2.45. The molecular weight excluding hydrogens is 290 g/mol. The lowest BCUT2D eigenvalue weighted by atomic mass is 10.3. The van der Waals surface area contributed by atoms with E-state index in [9.17, 15) is 13.6 Å². The van der Waals surface area contributed by atoms with Gasteiger partial charge in [-0.1, -0.05) is 0 Å². The van der Waals surface area contributed by atoms with Crippen molar-refractivity contribution >= 4 is 11.7 Å². The molecule has 1 rings (SSSR count). The summed E-state index contributed by atoms with van der Waals surface area (Å²) in [5, 5.41) is 2.49. The Morgan fingerprint density at radius 3 is 2.00 bits per heavy atom. The maximum Gasteiger partial charge on any atom is 0.322 e. The molecule has 5 nitrogen and oxygen atoms in total. The molecule has 1 N–H and O–H groups in total. The largest absolute Gasteiger partial charge is 0.322 e. The summed E-state index contributed by atoms with van der Waals surface area (Å²) in [6, 6.07) is 2.69. The van der Waals surface area contributed by atoms with Gasteiger partial charge in [0, 0.05) is 32.2 Å². The average molecular weight is 314 g/mol. The van der Waals surface area contributed by atoms with Crippen molar-refractivity contribution in [3.63, 3.8) is 0 Å². The number of nitrogens with one attached hydrogen (secondary N) is 1. The molecular formula is C15H24F2N4O. The molecule has 22 heavy (non-hydrogen) atoms. The second kappa shape index (κ2) is 8.65. The van der Waals surface area contributed by atoms with E-state index in [1.54, 1.807) is 4.90 Å². The molecule has 0 aliphatic carbocycles. The van der Waals surface area contributed by atoms with Crippen LogP contribution in [0.2, 0.25) is 0 Å². The highest BCUT2D eigenvalue weighted by molar-refractivity contribution is 5.89. The fourth-order valence-electron chi connectivity index (χ4n) is 1.74. The number of carbonyl (C=O) groups is 1. The Kier molecular flexibility index (Phi) is 7.20. The lowest BCUT2D eigenvalue weighted by Gasteiger charge is -2.26. The van der Waals surface area contributed by atoms with Crippen molar-refractivity contribution in [1.82, 2.24) is 14.7 Å². The molecule has 0 spiro atoms. The highest BCUT2D eigenvalue weighted by Crippen LogP contribution is 2.15. The molecule has 7 heteroatoms. The summed E-state index contributed by atoms with van der Waals surface area (Å²) < 4.78 is 26.5. The lowest BCUT2D eigenvalue weighted by Crippen LogP contribution is -2.42. The van der Waals surface area contributed by atoms with Gasteiger partial charge < -0.3 is 20.0 Å². The van der Waals surface area contributed by atoms with Crippen LogP contribution in [0.5, 0.6) is 0 Å². The summed E-state index contributed by atoms with van der Waals surface area (Å²) in [5.41, 5.74) is -0.0221. The maximum atomic E-state index is 13.6. The van der Waals surface area contributed by atoms with Crippen molar-refractivity contribution in [2.24, 2.45) is 0 Å². The molecule has 1 aromatic rings. The molecule has 0 bridgehead atoms. The first-order valence-electron chi connectivity index (χ1n) is 7.10. The lowest BCUT2D eigenvalue weighted by molar-refractivity contribution is 0.198. The SMILES string of the molecule is CN(C)CCN(CCN(C)C)C(=O)Nc1ccc(F)cc1F. The molecule has 0 aromatic heterocycles. The zero-order chi connectivity index (χ0) is 16.7. The number of urea groups is 1. The van der Waals surface area contributed by atoms with Gasteiger partial charge in [0.05, 0.1) is 5.69 Å². The second-order valence-electron chi connectivity index (χ2n) is 5.65. The van der Waals surface area contributed by atoms with Gasteiger partial charge in [0.2, 0.25) is 0 Å². The van der Waals surface area contributed by atoms with Crippen LogP contribution in [0.25, 0.3) is 0 Å². The molecule has 124 valence electrons. The number of nitrogens with zero attached hydrogens (tertiary/aromatic N) is 3. The minimum absolute atomic E-state index is 0.0221. The topological polar surface area (TPSA) is 38.8 Å². The second-order valence-corrected chi connectivity index (χ2v) is 5.65. The number of halogens is 2. The standard InChI is InChI=1S/C15H24F2N4O/c1-19(2)7-9-21(10-8-20(3)4)15(22)18-14-6-5-12(16)11-13(14)17/h5-6,11H,7-10H2,1-4H3,(H,18,22). The van der Waals surface area contributed by atoms with Crippen LogP contribution in [-0.4, -0.2) is 75.1 Å². The molecule has 0 aliphatic heterocycles. The van der Waals surface area contributed by atoms with Gasteiger partial charge in [0.1, 0.15) is 11.6 Å². The van der Waals surface area contributed by atoms with Crippen LogP contribution in [0.4, 0.5) is 19.3 Å². The van der Waals surface area contributed by atoms with Gasteiger partial charge >= 0.3 is 6.03 Å². The van der Waals surface area contributed by atoms with E-state index in [-0.39, 0.29) is 5.69 Å². The van der Waals surface area contributed by atoms with E-state index in [2.05, 4.69) is 5.32 Å². The Balaban J connectivity index is 2.72. The van der Waals surface area contributed by atoms with Crippen molar-refractivity contribution in [3.8, 4) is 0 Å². The van der Waals surface area contributed by atoms with Crippen LogP contribution in [0.1, 0.15) is 0 Å². The van der Waals surface area contributed by atoms with Gasteiger partial charge in [-0.3, -0.25) is 0 Å². The summed E-state index contributed by atoms with van der Waals surface area (Å²) in [6.07, 6.45) is 0. The first kappa shape index (κ1) is 18.3. The van der Waals surface area contributed by atoms with Crippen molar-refractivity contribution < 1.29 is 13.6 Å². The summed E-state index contributed by atoms with van der Waals surface area (Å²) in [4.78, 5) is 17.8. The van der Waals surface area contributed by atoms with Crippen molar-refractivity contribution in [1.29, 1.82) is 0 Å². The third-order valence-corrected chi connectivity index (χ3v) is 3.09. The molecule has 0 heterocycles. The van der Waals surface area contributed by atoms with Gasteiger partial charge in [-0.2, -0.15) is 0 Å². The normalized spacial score (nSPS) is 11.1. The number of benzene rings is 1. The van der Waals surface area contributed by atoms with Gasteiger partial charge in [-0.15, -0.1) is 0 Å². The number of likely N-dealkylation sites (N-methyl/N-ethyl adjacent to an activating group) is 2. The van der Waals surface area contributed by atoms with E-state index in [1.165, 1.54) is 6.07 Å². The third-order valence-electron chi connectivity index (χ3n) is 3.09. The number of rotatable bonds is 7. The van der Waals surface area contributed by atoms with E-state index in [1.807, 2.05) is 38.0 Å². The van der Waals surface area contributed by atoms with E-state index < -0.39 is 17.7 Å². The molecule has 0 atom stereocenters. The van der Waals surface area contributed by atoms with E-state index in [0.29, 0.717) is 26.2 Å². The molecule has 0 unspecified atom stereocenters. The monoisotopic (exact) mass is 314 g/mol. The zero-order valence-electron chi connectivity index (χ0n) is 13.6. The number of anilines is 1. The predicted molar refractivity (Wildman–Crippen MR) is 84.1 cm³/mol. The van der Waals surface area contributed by atoms with Crippen LogP contribution in [0.3, 0.4) is 0 Å². The van der Waals surface area contributed by atoms with E-state index >= 15 is 0 Å². The minimum atomic E-state index is -0.784. The Morgan fingerprint density at radius 1 is 1.00 bits per heavy atom. The Bertz CT molecular complexity index is 482. The number of carbonyl (C=O) groups excluding carboxylic acids is 1. The zero-order valence-corrected chi connectivity index (χ0v) is 13.6. The fourth-order valence-corrected chi connectivity index (χ4v) is 1.74. The highest BCUT2D eigenvalue weighted by atomic mass is 19.1. The third kappa shape index (κ3) is 6.36. The average Bonchev–Trinajstić information content (AvgIpc) is 2.41. The Labute approximate surface area is 130 Å². The Morgan fingerprint density at radius 2 is 1.55 bits per heavy atom. The quantitative estimate of drug-likeness (QED) is 0.836. The van der Waals surface area contributed by atoms with Gasteiger partial charge in [-0.05, 0) is 40.3 Å². The molecule has 1 aromatic carbocycles. The molecule has 0 fully saturated rings. The highest BCUT2D eigenvalue weighted by Gasteiger charge is 2.16. The van der Waals surface area contributed by atoms with Crippen molar-refractivity contribution in [2.45, 2.75) is 0 Å². The summed E-state index contributed by atoms with van der Waals surface area (Å²) >= 11 is 0. The van der Waals surface area contributed by atoms with E-state index in [0.717, 1.165) is 12.1 Å². The van der Waals surface area contributed by atoms with Crippen LogP contribution >= 0.6 is 0 Å². The van der Waals surface area contributed by atoms with Gasteiger partial charge in [0.25, 0.3) is 0 Å². The first-order valence-corrected chi connectivity index (χ1v) is 7.10. The van der Waals surface area contributed by atoms with Gasteiger partial charge in [0.15, 0.2) is 0 Å². The number of hydrogen-bond donors (Lipinski definition) is 1. The van der Waals surface area contributed by atoms with Crippen molar-refractivity contribution in [2.75, 3.05) is 59.7 Å². The van der Waals surface area contributed by atoms with Crippen LogP contribution in [0.15, 0.2) is 18.2 Å². The van der Waals surface area contributed by atoms with Crippen LogP contribution in [-0.2, 0) is 0 Å². The van der Waals surface area contributed by atoms with Crippen LogP contribution < -0.4 is 5.32 Å². The van der Waals surface area contributed by atoms with Crippen molar-refractivity contribution in [3.05, 3.63) is 29.8 Å². The molecule has 0 saturated heterocycles. The molecule has 0 radical (unpaired) electrons. The number of hydrogen-bond acceptors (Lipinski definition) is 3. The predicted octanol–water partition coefficient (Wildman–Crippen LogP) is 1.92. The number of amides is 2. The van der Waals surface area contributed by atoms with Gasteiger partial charge in [-0.25, -0.2) is 13.6 Å². The van der Waals surface area contributed by atoms with Crippen LogP contribution in [0, 0.1) is 11.6 Å². The molecule has 0 saturated carbocycles. The van der Waals surface area contributed by atoms with E-state index in [4.69, 9.17) is 0 Å². The Hall–Kier alpha value is -1.73. The fraction of sp³-hybridized carbons (Fsp3) is 0.533. The molecule has 0 aliphatic rings. The molecule has 2 amide bonds. The smallest absolute Gasteiger partial charge is 0.322 e. The minimum Gasteiger partial charge on any atom is -0.322 e.